The highest BCUT2D eigenvalue weighted by Crippen LogP contribution is 2.37. The molecule has 0 bridgehead atoms. The number of para-hydroxylation sites is 1. The minimum Gasteiger partial charge on any atom is -0.353 e. The van der Waals surface area contributed by atoms with Crippen LogP contribution in [-0.2, 0) is 10.0 Å². The van der Waals surface area contributed by atoms with Crippen molar-refractivity contribution in [2.75, 3.05) is 55.4 Å². The normalized spacial score (nSPS) is 12.6. The molecule has 0 atom stereocenters. The van der Waals surface area contributed by atoms with Crippen LogP contribution in [0.25, 0.3) is 11.1 Å². The predicted octanol–water partition coefficient (Wildman–Crippen LogP) is 3.35. The van der Waals surface area contributed by atoms with Crippen molar-refractivity contribution in [2.24, 2.45) is 0 Å². The monoisotopic (exact) mass is 507 g/mol. The number of likely N-dealkylation sites (N-methyl/N-ethyl adjacent to an activating group) is 1. The highest BCUT2D eigenvalue weighted by atomic mass is 32.2. The first kappa shape index (κ1) is 25.2. The molecule has 1 heterocycles. The van der Waals surface area contributed by atoms with Gasteiger partial charge in [-0.15, -0.1) is 0 Å². The van der Waals surface area contributed by atoms with Gasteiger partial charge in [-0.05, 0) is 56.1 Å². The number of carbonyl (C=O) groups excluding carboxylic acids is 2. The molecule has 1 aliphatic rings. The van der Waals surface area contributed by atoms with Gasteiger partial charge < -0.3 is 20.9 Å². The average Bonchev–Trinajstić information content (AvgIpc) is 2.97. The highest BCUT2D eigenvalue weighted by molar-refractivity contribution is 7.92. The molecular formula is C26H29N5O4S. The minimum absolute atomic E-state index is 0.205. The molecule has 188 valence electrons. The molecule has 3 aromatic rings. The second kappa shape index (κ2) is 10.00. The van der Waals surface area contributed by atoms with Crippen molar-refractivity contribution in [2.45, 2.75) is 0 Å². The zero-order chi connectivity index (χ0) is 26.0. The average molecular weight is 508 g/mol. The van der Waals surface area contributed by atoms with Crippen molar-refractivity contribution >= 4 is 44.6 Å². The van der Waals surface area contributed by atoms with Crippen molar-refractivity contribution in [1.29, 1.82) is 0 Å². The fourth-order valence-corrected chi connectivity index (χ4v) is 4.43. The van der Waals surface area contributed by atoms with Gasteiger partial charge in [-0.25, -0.2) is 8.42 Å². The molecule has 36 heavy (non-hydrogen) atoms. The molecule has 2 amide bonds. The smallest absolute Gasteiger partial charge is 0.257 e. The minimum atomic E-state index is -3.47. The Labute approximate surface area is 211 Å². The summed E-state index contributed by atoms with van der Waals surface area (Å²) in [6, 6.07) is 17.5. The van der Waals surface area contributed by atoms with Gasteiger partial charge in [0.25, 0.3) is 11.8 Å². The van der Waals surface area contributed by atoms with Gasteiger partial charge in [0.1, 0.15) is 0 Å². The standard InChI is InChI=1S/C26H29N5O4S/c1-30(2)14-13-27-25(32)18-10-12-21-23(16-18)28-22-15-17(9-11-20(22)26(33)29-21)19-7-5-6-8-24(19)31(3)36(4,34)35/h5-12,15-16,28H,13-14H2,1-4H3,(H,27,32)(H,29,33). The maximum Gasteiger partial charge on any atom is 0.257 e. The van der Waals surface area contributed by atoms with Gasteiger partial charge in [-0.3, -0.25) is 13.9 Å². The van der Waals surface area contributed by atoms with Crippen LogP contribution in [0.15, 0.2) is 60.7 Å². The summed E-state index contributed by atoms with van der Waals surface area (Å²) in [5.74, 6) is -0.490. The van der Waals surface area contributed by atoms with E-state index in [0.29, 0.717) is 46.0 Å². The summed E-state index contributed by atoms with van der Waals surface area (Å²) in [6.07, 6.45) is 1.15. The number of hydrogen-bond donors (Lipinski definition) is 3. The lowest BCUT2D eigenvalue weighted by molar-refractivity contribution is 0.0950. The number of rotatable bonds is 7. The second-order valence-electron chi connectivity index (χ2n) is 8.91. The number of hydrogen-bond acceptors (Lipinski definition) is 6. The first-order valence-electron chi connectivity index (χ1n) is 11.4. The fraction of sp³-hybridized carbons (Fsp3) is 0.231. The van der Waals surface area contributed by atoms with Crippen LogP contribution in [0, 0.1) is 0 Å². The Kier molecular flexibility index (Phi) is 7.00. The Hall–Kier alpha value is -3.89. The van der Waals surface area contributed by atoms with Gasteiger partial charge in [0.15, 0.2) is 0 Å². The third-order valence-electron chi connectivity index (χ3n) is 5.96. The first-order valence-corrected chi connectivity index (χ1v) is 13.2. The van der Waals surface area contributed by atoms with Crippen LogP contribution in [0.1, 0.15) is 20.7 Å². The van der Waals surface area contributed by atoms with Crippen LogP contribution < -0.4 is 20.3 Å². The van der Waals surface area contributed by atoms with E-state index in [1.54, 1.807) is 42.5 Å². The van der Waals surface area contributed by atoms with Crippen LogP contribution in [0.3, 0.4) is 0 Å². The van der Waals surface area contributed by atoms with E-state index < -0.39 is 10.0 Å². The molecule has 0 unspecified atom stereocenters. The predicted molar refractivity (Wildman–Crippen MR) is 144 cm³/mol. The molecule has 0 fully saturated rings. The Bertz CT molecular complexity index is 1440. The Balaban J connectivity index is 1.69. The van der Waals surface area contributed by atoms with Gasteiger partial charge in [0, 0.05) is 31.3 Å². The molecule has 0 radical (unpaired) electrons. The van der Waals surface area contributed by atoms with Gasteiger partial charge in [-0.2, -0.15) is 0 Å². The molecule has 9 nitrogen and oxygen atoms in total. The van der Waals surface area contributed by atoms with Crippen molar-refractivity contribution in [3.05, 3.63) is 71.8 Å². The quantitative estimate of drug-likeness (QED) is 0.452. The first-order chi connectivity index (χ1) is 17.0. The zero-order valence-corrected chi connectivity index (χ0v) is 21.4. The summed E-state index contributed by atoms with van der Waals surface area (Å²) < 4.78 is 25.6. The van der Waals surface area contributed by atoms with Crippen molar-refractivity contribution in [1.82, 2.24) is 10.2 Å². The van der Waals surface area contributed by atoms with Crippen molar-refractivity contribution in [3.8, 4) is 11.1 Å². The van der Waals surface area contributed by atoms with E-state index in [-0.39, 0.29) is 11.8 Å². The van der Waals surface area contributed by atoms with Crippen LogP contribution in [-0.4, -0.2) is 65.6 Å². The number of nitrogens with one attached hydrogen (secondary N) is 3. The lowest BCUT2D eigenvalue weighted by Gasteiger charge is -2.21. The fourth-order valence-electron chi connectivity index (χ4n) is 3.91. The summed E-state index contributed by atoms with van der Waals surface area (Å²) in [6.45, 7) is 1.23. The topological polar surface area (TPSA) is 111 Å². The molecule has 0 saturated carbocycles. The number of sulfonamides is 1. The summed E-state index contributed by atoms with van der Waals surface area (Å²) in [5, 5.41) is 9.06. The number of anilines is 4. The van der Waals surface area contributed by atoms with Crippen LogP contribution >= 0.6 is 0 Å². The van der Waals surface area contributed by atoms with Crippen LogP contribution in [0.5, 0.6) is 0 Å². The molecule has 10 heteroatoms. The Morgan fingerprint density at radius 3 is 2.36 bits per heavy atom. The SMILES string of the molecule is CN(C)CCNC(=O)c1ccc2c(c1)Nc1cc(-c3ccccc3N(C)S(C)(=O)=O)ccc1C(=O)N2. The molecule has 0 spiro atoms. The van der Waals surface area contributed by atoms with Gasteiger partial charge >= 0.3 is 0 Å². The molecule has 0 saturated heterocycles. The molecular weight excluding hydrogens is 478 g/mol. The molecule has 0 aliphatic carbocycles. The molecule has 3 N–H and O–H groups in total. The summed E-state index contributed by atoms with van der Waals surface area (Å²) in [4.78, 5) is 27.5. The maximum atomic E-state index is 12.9. The van der Waals surface area contributed by atoms with Crippen LogP contribution in [0.2, 0.25) is 0 Å². The highest BCUT2D eigenvalue weighted by Gasteiger charge is 2.22. The lowest BCUT2D eigenvalue weighted by Crippen LogP contribution is -2.31. The number of amides is 2. The van der Waals surface area contributed by atoms with Crippen molar-refractivity contribution in [3.63, 3.8) is 0 Å². The van der Waals surface area contributed by atoms with E-state index in [0.717, 1.165) is 18.4 Å². The van der Waals surface area contributed by atoms with E-state index in [1.807, 2.05) is 37.2 Å². The summed E-state index contributed by atoms with van der Waals surface area (Å²) in [7, 11) is 1.90. The van der Waals surface area contributed by atoms with E-state index in [9.17, 15) is 18.0 Å². The number of benzene rings is 3. The zero-order valence-electron chi connectivity index (χ0n) is 20.6. The van der Waals surface area contributed by atoms with E-state index in [1.165, 1.54) is 11.4 Å². The second-order valence-corrected chi connectivity index (χ2v) is 10.9. The molecule has 3 aromatic carbocycles. The van der Waals surface area contributed by atoms with E-state index in [2.05, 4.69) is 16.0 Å². The largest absolute Gasteiger partial charge is 0.353 e. The van der Waals surface area contributed by atoms with E-state index in [4.69, 9.17) is 0 Å². The summed E-state index contributed by atoms with van der Waals surface area (Å²) in [5.41, 5.74) is 4.55. The molecule has 4 rings (SSSR count). The maximum absolute atomic E-state index is 12.9. The molecule has 0 aromatic heterocycles. The Morgan fingerprint density at radius 2 is 1.64 bits per heavy atom. The van der Waals surface area contributed by atoms with Gasteiger partial charge in [0.2, 0.25) is 10.0 Å². The summed E-state index contributed by atoms with van der Waals surface area (Å²) >= 11 is 0. The number of carbonyl (C=O) groups is 2. The van der Waals surface area contributed by atoms with Crippen LogP contribution in [0.4, 0.5) is 22.7 Å². The van der Waals surface area contributed by atoms with Gasteiger partial charge in [0.05, 0.1) is 34.6 Å². The van der Waals surface area contributed by atoms with E-state index >= 15 is 0 Å². The molecule has 1 aliphatic heterocycles. The number of fused-ring (bicyclic) bond motifs is 2. The lowest BCUT2D eigenvalue weighted by atomic mass is 10.0. The Morgan fingerprint density at radius 1 is 0.889 bits per heavy atom. The number of nitrogens with zero attached hydrogens (tertiary/aromatic N) is 2. The third kappa shape index (κ3) is 5.34. The van der Waals surface area contributed by atoms with Gasteiger partial charge in [-0.1, -0.05) is 24.3 Å². The van der Waals surface area contributed by atoms with Crippen molar-refractivity contribution < 1.29 is 18.0 Å². The third-order valence-corrected chi connectivity index (χ3v) is 7.15.